The standard InChI is InChI=1S/C17H20N2/c18-13-17(10-4-5-11-17)16-15(9-6-12-19-16)14-7-2-1-3-8-14/h1-3,6-9,12H,4-5,10-11,13,18H2. The monoisotopic (exact) mass is 252 g/mol. The SMILES string of the molecule is NCC1(c2ncccc2-c2ccccc2)CCCC1. The highest BCUT2D eigenvalue weighted by Gasteiger charge is 2.37. The summed E-state index contributed by atoms with van der Waals surface area (Å²) in [5.74, 6) is 0. The van der Waals surface area contributed by atoms with Gasteiger partial charge >= 0.3 is 0 Å². The number of pyridine rings is 1. The number of rotatable bonds is 3. The van der Waals surface area contributed by atoms with Gasteiger partial charge in [-0.15, -0.1) is 0 Å². The molecular formula is C17H20N2. The van der Waals surface area contributed by atoms with Crippen molar-refractivity contribution in [1.29, 1.82) is 0 Å². The molecule has 0 amide bonds. The van der Waals surface area contributed by atoms with Crippen molar-refractivity contribution in [2.75, 3.05) is 6.54 Å². The first-order valence-corrected chi connectivity index (χ1v) is 7.07. The van der Waals surface area contributed by atoms with Crippen molar-refractivity contribution in [3.05, 3.63) is 54.4 Å². The molecule has 2 N–H and O–H groups in total. The third kappa shape index (κ3) is 2.17. The molecule has 0 saturated heterocycles. The van der Waals surface area contributed by atoms with Crippen LogP contribution in [-0.2, 0) is 5.41 Å². The van der Waals surface area contributed by atoms with Crippen molar-refractivity contribution in [3.63, 3.8) is 0 Å². The first-order chi connectivity index (χ1) is 9.36. The molecular weight excluding hydrogens is 232 g/mol. The van der Waals surface area contributed by atoms with E-state index in [4.69, 9.17) is 10.7 Å². The fourth-order valence-electron chi connectivity index (χ4n) is 3.27. The zero-order valence-electron chi connectivity index (χ0n) is 11.2. The van der Waals surface area contributed by atoms with Crippen LogP contribution in [0.4, 0.5) is 0 Å². The second kappa shape index (κ2) is 5.14. The molecule has 1 saturated carbocycles. The van der Waals surface area contributed by atoms with E-state index in [1.54, 1.807) is 0 Å². The quantitative estimate of drug-likeness (QED) is 0.907. The Morgan fingerprint density at radius 2 is 1.74 bits per heavy atom. The molecule has 0 aliphatic heterocycles. The Morgan fingerprint density at radius 1 is 1.00 bits per heavy atom. The van der Waals surface area contributed by atoms with Crippen molar-refractivity contribution < 1.29 is 0 Å². The summed E-state index contributed by atoms with van der Waals surface area (Å²) in [6.07, 6.45) is 6.77. The minimum Gasteiger partial charge on any atom is -0.330 e. The Morgan fingerprint density at radius 3 is 2.42 bits per heavy atom. The van der Waals surface area contributed by atoms with Gasteiger partial charge in [0.05, 0.1) is 5.69 Å². The van der Waals surface area contributed by atoms with Crippen LogP contribution in [0.2, 0.25) is 0 Å². The first-order valence-electron chi connectivity index (χ1n) is 7.07. The first kappa shape index (κ1) is 12.4. The van der Waals surface area contributed by atoms with Crippen LogP contribution in [-0.4, -0.2) is 11.5 Å². The third-order valence-electron chi connectivity index (χ3n) is 4.35. The van der Waals surface area contributed by atoms with Gasteiger partial charge in [-0.1, -0.05) is 49.2 Å². The maximum atomic E-state index is 6.11. The largest absolute Gasteiger partial charge is 0.330 e. The fourth-order valence-corrected chi connectivity index (χ4v) is 3.27. The molecule has 1 fully saturated rings. The Labute approximate surface area is 114 Å². The minimum absolute atomic E-state index is 0.0897. The normalized spacial score (nSPS) is 17.5. The van der Waals surface area contributed by atoms with Gasteiger partial charge in [0.15, 0.2) is 0 Å². The molecule has 0 unspecified atom stereocenters. The van der Waals surface area contributed by atoms with Gasteiger partial charge in [0.2, 0.25) is 0 Å². The van der Waals surface area contributed by atoms with Crippen LogP contribution >= 0.6 is 0 Å². The molecule has 2 heteroatoms. The Bertz CT molecular complexity index is 542. The average Bonchev–Trinajstić information content (AvgIpc) is 2.98. The summed E-state index contributed by atoms with van der Waals surface area (Å²) in [5, 5.41) is 0. The number of nitrogens with two attached hydrogens (primary N) is 1. The number of hydrogen-bond acceptors (Lipinski definition) is 2. The summed E-state index contributed by atoms with van der Waals surface area (Å²) in [6, 6.07) is 14.7. The molecule has 1 aliphatic rings. The van der Waals surface area contributed by atoms with Crippen LogP contribution in [0.25, 0.3) is 11.1 Å². The topological polar surface area (TPSA) is 38.9 Å². The van der Waals surface area contributed by atoms with Crippen LogP contribution in [0, 0.1) is 0 Å². The van der Waals surface area contributed by atoms with E-state index in [0.717, 1.165) is 0 Å². The highest BCUT2D eigenvalue weighted by Crippen LogP contribution is 2.42. The predicted molar refractivity (Wildman–Crippen MR) is 78.9 cm³/mol. The second-order valence-electron chi connectivity index (χ2n) is 5.46. The zero-order chi connectivity index (χ0) is 13.1. The smallest absolute Gasteiger partial charge is 0.0556 e. The van der Waals surface area contributed by atoms with E-state index in [0.29, 0.717) is 6.54 Å². The number of benzene rings is 1. The van der Waals surface area contributed by atoms with E-state index in [-0.39, 0.29) is 5.41 Å². The van der Waals surface area contributed by atoms with E-state index < -0.39 is 0 Å². The van der Waals surface area contributed by atoms with E-state index in [1.165, 1.54) is 42.5 Å². The second-order valence-corrected chi connectivity index (χ2v) is 5.46. The summed E-state index contributed by atoms with van der Waals surface area (Å²) < 4.78 is 0. The summed E-state index contributed by atoms with van der Waals surface area (Å²) in [4.78, 5) is 4.70. The van der Waals surface area contributed by atoms with Crippen LogP contribution in [0.1, 0.15) is 31.4 Å². The molecule has 3 rings (SSSR count). The van der Waals surface area contributed by atoms with Gasteiger partial charge in [-0.3, -0.25) is 4.98 Å². The molecule has 1 heterocycles. The van der Waals surface area contributed by atoms with Crippen molar-refractivity contribution in [3.8, 4) is 11.1 Å². The van der Waals surface area contributed by atoms with Gasteiger partial charge in [-0.05, 0) is 24.5 Å². The van der Waals surface area contributed by atoms with E-state index in [9.17, 15) is 0 Å². The van der Waals surface area contributed by atoms with Crippen molar-refractivity contribution >= 4 is 0 Å². The molecule has 2 aromatic rings. The lowest BCUT2D eigenvalue weighted by molar-refractivity contribution is 0.441. The highest BCUT2D eigenvalue weighted by atomic mass is 14.8. The van der Waals surface area contributed by atoms with E-state index in [1.807, 2.05) is 18.3 Å². The summed E-state index contributed by atoms with van der Waals surface area (Å²) in [6.45, 7) is 0.698. The molecule has 1 aliphatic carbocycles. The van der Waals surface area contributed by atoms with Crippen LogP contribution in [0.5, 0.6) is 0 Å². The minimum atomic E-state index is 0.0897. The van der Waals surface area contributed by atoms with Crippen LogP contribution in [0.3, 0.4) is 0 Å². The van der Waals surface area contributed by atoms with Gasteiger partial charge < -0.3 is 5.73 Å². The van der Waals surface area contributed by atoms with Crippen LogP contribution < -0.4 is 5.73 Å². The van der Waals surface area contributed by atoms with E-state index >= 15 is 0 Å². The lowest BCUT2D eigenvalue weighted by Gasteiger charge is -2.28. The zero-order valence-corrected chi connectivity index (χ0v) is 11.2. The number of aromatic nitrogens is 1. The number of nitrogens with zero attached hydrogens (tertiary/aromatic N) is 1. The Kier molecular flexibility index (Phi) is 3.34. The molecule has 0 spiro atoms. The molecule has 98 valence electrons. The summed E-state index contributed by atoms with van der Waals surface area (Å²) >= 11 is 0. The van der Waals surface area contributed by atoms with Gasteiger partial charge in [-0.25, -0.2) is 0 Å². The molecule has 0 radical (unpaired) electrons. The third-order valence-corrected chi connectivity index (χ3v) is 4.35. The molecule has 1 aromatic carbocycles. The Hall–Kier alpha value is -1.67. The van der Waals surface area contributed by atoms with Gasteiger partial charge in [0.1, 0.15) is 0 Å². The number of hydrogen-bond donors (Lipinski definition) is 1. The predicted octanol–water partition coefficient (Wildman–Crippen LogP) is 3.52. The van der Waals surface area contributed by atoms with Crippen molar-refractivity contribution in [1.82, 2.24) is 4.98 Å². The van der Waals surface area contributed by atoms with Gasteiger partial charge in [0.25, 0.3) is 0 Å². The molecule has 1 aromatic heterocycles. The maximum absolute atomic E-state index is 6.11. The molecule has 0 bridgehead atoms. The fraction of sp³-hybridized carbons (Fsp3) is 0.353. The summed E-state index contributed by atoms with van der Waals surface area (Å²) in [7, 11) is 0. The summed E-state index contributed by atoms with van der Waals surface area (Å²) in [5.41, 5.74) is 9.88. The van der Waals surface area contributed by atoms with Gasteiger partial charge in [0, 0.05) is 23.7 Å². The molecule has 2 nitrogen and oxygen atoms in total. The van der Waals surface area contributed by atoms with Crippen molar-refractivity contribution in [2.45, 2.75) is 31.1 Å². The maximum Gasteiger partial charge on any atom is 0.0556 e. The lowest BCUT2D eigenvalue weighted by atomic mass is 9.79. The average molecular weight is 252 g/mol. The van der Waals surface area contributed by atoms with Crippen molar-refractivity contribution in [2.24, 2.45) is 5.73 Å². The molecule has 0 atom stereocenters. The highest BCUT2D eigenvalue weighted by molar-refractivity contribution is 5.67. The Balaban J connectivity index is 2.12. The van der Waals surface area contributed by atoms with Crippen LogP contribution in [0.15, 0.2) is 48.7 Å². The van der Waals surface area contributed by atoms with Gasteiger partial charge in [-0.2, -0.15) is 0 Å². The molecule has 19 heavy (non-hydrogen) atoms. The lowest BCUT2D eigenvalue weighted by Crippen LogP contribution is -2.33. The van der Waals surface area contributed by atoms with E-state index in [2.05, 4.69) is 30.3 Å².